The van der Waals surface area contributed by atoms with Crippen molar-refractivity contribution in [2.75, 3.05) is 7.11 Å². The highest BCUT2D eigenvalue weighted by Crippen LogP contribution is 2.26. The van der Waals surface area contributed by atoms with Crippen LogP contribution in [0.2, 0.25) is 0 Å². The van der Waals surface area contributed by atoms with E-state index in [2.05, 4.69) is 4.74 Å². The SMILES string of the molecule is COC(=O)c1cc(F)ccc1Oc1ccccc1. The number of esters is 1. The molecule has 0 N–H and O–H groups in total. The summed E-state index contributed by atoms with van der Waals surface area (Å²) in [6.07, 6.45) is 0. The van der Waals surface area contributed by atoms with Gasteiger partial charge in [0, 0.05) is 0 Å². The van der Waals surface area contributed by atoms with Crippen LogP contribution in [-0.2, 0) is 4.74 Å². The Labute approximate surface area is 104 Å². The molecule has 0 aliphatic carbocycles. The quantitative estimate of drug-likeness (QED) is 0.778. The number of para-hydroxylation sites is 1. The Morgan fingerprint density at radius 1 is 1.11 bits per heavy atom. The van der Waals surface area contributed by atoms with Crippen LogP contribution in [0.3, 0.4) is 0 Å². The third-order valence-corrected chi connectivity index (χ3v) is 2.32. The molecule has 0 saturated heterocycles. The van der Waals surface area contributed by atoms with Crippen molar-refractivity contribution < 1.29 is 18.7 Å². The largest absolute Gasteiger partial charge is 0.465 e. The zero-order valence-corrected chi connectivity index (χ0v) is 9.72. The van der Waals surface area contributed by atoms with E-state index >= 15 is 0 Å². The van der Waals surface area contributed by atoms with Gasteiger partial charge < -0.3 is 9.47 Å². The molecule has 0 unspecified atom stereocenters. The number of hydrogen-bond donors (Lipinski definition) is 0. The number of methoxy groups -OCH3 is 1. The lowest BCUT2D eigenvalue weighted by Crippen LogP contribution is -2.04. The number of hydrogen-bond acceptors (Lipinski definition) is 3. The predicted molar refractivity (Wildman–Crippen MR) is 64.3 cm³/mol. The number of halogens is 1. The molecule has 0 fully saturated rings. The molecule has 18 heavy (non-hydrogen) atoms. The molecule has 0 aromatic heterocycles. The standard InChI is InChI=1S/C14H11FO3/c1-17-14(16)12-9-10(15)7-8-13(12)18-11-5-3-2-4-6-11/h2-9H,1H3. The minimum absolute atomic E-state index is 0.0568. The van der Waals surface area contributed by atoms with Gasteiger partial charge in [-0.2, -0.15) is 0 Å². The van der Waals surface area contributed by atoms with E-state index in [9.17, 15) is 9.18 Å². The second-order valence-corrected chi connectivity index (χ2v) is 3.55. The lowest BCUT2D eigenvalue weighted by atomic mass is 10.2. The van der Waals surface area contributed by atoms with E-state index < -0.39 is 11.8 Å². The zero-order valence-electron chi connectivity index (χ0n) is 9.72. The van der Waals surface area contributed by atoms with Gasteiger partial charge in [-0.1, -0.05) is 18.2 Å². The predicted octanol–water partition coefficient (Wildman–Crippen LogP) is 3.40. The molecule has 0 amide bonds. The first-order valence-electron chi connectivity index (χ1n) is 5.31. The summed E-state index contributed by atoms with van der Waals surface area (Å²) in [6.45, 7) is 0. The summed E-state index contributed by atoms with van der Waals surface area (Å²) in [5.74, 6) is -0.333. The van der Waals surface area contributed by atoms with Crippen molar-refractivity contribution in [3.63, 3.8) is 0 Å². The smallest absolute Gasteiger partial charge is 0.341 e. The van der Waals surface area contributed by atoms with Crippen molar-refractivity contribution in [1.29, 1.82) is 0 Å². The number of ether oxygens (including phenoxy) is 2. The van der Waals surface area contributed by atoms with Crippen molar-refractivity contribution in [3.05, 3.63) is 59.9 Å². The van der Waals surface area contributed by atoms with Gasteiger partial charge in [0.05, 0.1) is 7.11 Å². The summed E-state index contributed by atoms with van der Waals surface area (Å²) < 4.78 is 23.2. The van der Waals surface area contributed by atoms with Crippen LogP contribution in [0, 0.1) is 5.82 Å². The molecule has 2 rings (SSSR count). The molecule has 0 atom stereocenters. The van der Waals surface area contributed by atoms with Crippen molar-refractivity contribution in [1.82, 2.24) is 0 Å². The highest BCUT2D eigenvalue weighted by molar-refractivity contribution is 5.92. The van der Waals surface area contributed by atoms with Crippen LogP contribution in [0.1, 0.15) is 10.4 Å². The molecule has 2 aromatic rings. The Morgan fingerprint density at radius 3 is 2.50 bits per heavy atom. The van der Waals surface area contributed by atoms with Crippen LogP contribution in [0.15, 0.2) is 48.5 Å². The molecule has 0 radical (unpaired) electrons. The average molecular weight is 246 g/mol. The molecule has 92 valence electrons. The lowest BCUT2D eigenvalue weighted by Gasteiger charge is -2.09. The maximum atomic E-state index is 13.1. The van der Waals surface area contributed by atoms with E-state index in [1.165, 1.54) is 19.2 Å². The summed E-state index contributed by atoms with van der Waals surface area (Å²) in [5, 5.41) is 0. The molecule has 3 nitrogen and oxygen atoms in total. The fourth-order valence-corrected chi connectivity index (χ4v) is 1.48. The molecule has 4 heteroatoms. The second-order valence-electron chi connectivity index (χ2n) is 3.55. The molecule has 0 spiro atoms. The molecule has 0 saturated carbocycles. The first-order valence-corrected chi connectivity index (χ1v) is 5.31. The average Bonchev–Trinajstić information content (AvgIpc) is 2.41. The fourth-order valence-electron chi connectivity index (χ4n) is 1.48. The summed E-state index contributed by atoms with van der Waals surface area (Å²) in [4.78, 5) is 11.5. The summed E-state index contributed by atoms with van der Waals surface area (Å²) >= 11 is 0. The molecule has 2 aromatic carbocycles. The summed E-state index contributed by atoms with van der Waals surface area (Å²) in [6, 6.07) is 12.6. The Bertz CT molecular complexity index is 552. The van der Waals surface area contributed by atoms with E-state index in [4.69, 9.17) is 4.74 Å². The van der Waals surface area contributed by atoms with Crippen molar-refractivity contribution in [2.24, 2.45) is 0 Å². The van der Waals surface area contributed by atoms with Crippen LogP contribution >= 0.6 is 0 Å². The van der Waals surface area contributed by atoms with Gasteiger partial charge in [-0.3, -0.25) is 0 Å². The van der Waals surface area contributed by atoms with Crippen molar-refractivity contribution in [2.45, 2.75) is 0 Å². The van der Waals surface area contributed by atoms with Gasteiger partial charge in [-0.15, -0.1) is 0 Å². The van der Waals surface area contributed by atoms with Gasteiger partial charge in [0.1, 0.15) is 22.9 Å². The number of carbonyl (C=O) groups is 1. The maximum absolute atomic E-state index is 13.1. The van der Waals surface area contributed by atoms with Gasteiger partial charge >= 0.3 is 5.97 Å². The van der Waals surface area contributed by atoms with Gasteiger partial charge in [0.2, 0.25) is 0 Å². The van der Waals surface area contributed by atoms with E-state index in [0.29, 0.717) is 5.75 Å². The van der Waals surface area contributed by atoms with Crippen LogP contribution in [0.5, 0.6) is 11.5 Å². The van der Waals surface area contributed by atoms with Crippen LogP contribution in [0.4, 0.5) is 4.39 Å². The normalized spacial score (nSPS) is 9.89. The molecular formula is C14H11FO3. The van der Waals surface area contributed by atoms with Gasteiger partial charge in [-0.05, 0) is 30.3 Å². The highest BCUT2D eigenvalue weighted by Gasteiger charge is 2.14. The summed E-state index contributed by atoms with van der Waals surface area (Å²) in [5.41, 5.74) is 0.0568. The van der Waals surface area contributed by atoms with E-state index in [0.717, 1.165) is 6.07 Å². The third-order valence-electron chi connectivity index (χ3n) is 2.32. The van der Waals surface area contributed by atoms with Gasteiger partial charge in [0.25, 0.3) is 0 Å². The minimum atomic E-state index is -0.638. The molecule has 0 heterocycles. The first-order chi connectivity index (χ1) is 8.70. The number of rotatable bonds is 3. The number of carbonyl (C=O) groups excluding carboxylic acids is 1. The third kappa shape index (κ3) is 2.66. The van der Waals surface area contributed by atoms with E-state index in [1.807, 2.05) is 6.07 Å². The Morgan fingerprint density at radius 2 is 1.83 bits per heavy atom. The highest BCUT2D eigenvalue weighted by atomic mass is 19.1. The molecule has 0 bridgehead atoms. The van der Waals surface area contributed by atoms with Crippen molar-refractivity contribution >= 4 is 5.97 Å². The van der Waals surface area contributed by atoms with Gasteiger partial charge in [0.15, 0.2) is 0 Å². The zero-order chi connectivity index (χ0) is 13.0. The maximum Gasteiger partial charge on any atom is 0.341 e. The summed E-state index contributed by atoms with van der Waals surface area (Å²) in [7, 11) is 1.24. The van der Waals surface area contributed by atoms with Gasteiger partial charge in [-0.25, -0.2) is 9.18 Å². The number of benzene rings is 2. The van der Waals surface area contributed by atoms with E-state index in [1.54, 1.807) is 24.3 Å². The Hall–Kier alpha value is -2.36. The van der Waals surface area contributed by atoms with E-state index in [-0.39, 0.29) is 11.3 Å². The molecule has 0 aliphatic rings. The van der Waals surface area contributed by atoms with Crippen LogP contribution in [-0.4, -0.2) is 13.1 Å². The second kappa shape index (κ2) is 5.31. The molecule has 0 aliphatic heterocycles. The fraction of sp³-hybridized carbons (Fsp3) is 0.0714. The van der Waals surface area contributed by atoms with Crippen LogP contribution < -0.4 is 4.74 Å². The minimum Gasteiger partial charge on any atom is -0.465 e. The molecular weight excluding hydrogens is 235 g/mol. The van der Waals surface area contributed by atoms with Crippen LogP contribution in [0.25, 0.3) is 0 Å². The Balaban J connectivity index is 2.35. The lowest BCUT2D eigenvalue weighted by molar-refractivity contribution is 0.0597. The monoisotopic (exact) mass is 246 g/mol. The Kier molecular flexibility index (Phi) is 3.57. The first kappa shape index (κ1) is 12.1. The van der Waals surface area contributed by atoms with Crippen molar-refractivity contribution in [3.8, 4) is 11.5 Å². The topological polar surface area (TPSA) is 35.5 Å².